The van der Waals surface area contributed by atoms with Gasteiger partial charge in [0.2, 0.25) is 0 Å². The van der Waals surface area contributed by atoms with Crippen LogP contribution in [0.4, 0.5) is 4.79 Å². The minimum atomic E-state index is -0.808. The summed E-state index contributed by atoms with van der Waals surface area (Å²) in [5.74, 6) is 0.288. The highest BCUT2D eigenvalue weighted by atomic mass is 35.5. The molecule has 1 N–H and O–H groups in total. The maximum absolute atomic E-state index is 12.9. The van der Waals surface area contributed by atoms with Crippen LogP contribution in [0.15, 0.2) is 35.4 Å². The predicted molar refractivity (Wildman–Crippen MR) is 111 cm³/mol. The molecule has 152 valence electrons. The van der Waals surface area contributed by atoms with Gasteiger partial charge < -0.3 is 5.32 Å². The Bertz CT molecular complexity index is 961. The Morgan fingerprint density at radius 3 is 2.66 bits per heavy atom. The van der Waals surface area contributed by atoms with Crippen molar-refractivity contribution in [3.8, 4) is 0 Å². The van der Waals surface area contributed by atoms with E-state index >= 15 is 0 Å². The molecule has 1 aliphatic heterocycles. The highest BCUT2D eigenvalue weighted by Gasteiger charge is 2.52. The summed E-state index contributed by atoms with van der Waals surface area (Å²) in [5, 5.41) is 12.9. The first kappa shape index (κ1) is 19.6. The van der Waals surface area contributed by atoms with Crippen LogP contribution in [-0.4, -0.2) is 38.5 Å². The van der Waals surface area contributed by atoms with Crippen molar-refractivity contribution in [3.63, 3.8) is 0 Å². The largest absolute Gasteiger partial charge is 0.346 e. The summed E-state index contributed by atoms with van der Waals surface area (Å²) >= 11 is 6.50. The van der Waals surface area contributed by atoms with Gasteiger partial charge >= 0.3 is 6.03 Å². The van der Waals surface area contributed by atoms with E-state index in [1.54, 1.807) is 4.68 Å². The molecule has 1 spiro atoms. The van der Waals surface area contributed by atoms with E-state index in [4.69, 9.17) is 11.6 Å². The molecule has 0 radical (unpaired) electrons. The number of urea groups is 1. The van der Waals surface area contributed by atoms with E-state index in [0.717, 1.165) is 23.4 Å². The third-order valence-electron chi connectivity index (χ3n) is 5.85. The quantitative estimate of drug-likeness (QED) is 0.612. The van der Waals surface area contributed by atoms with Crippen LogP contribution in [0.3, 0.4) is 0 Å². The minimum Gasteiger partial charge on any atom is -0.321 e. The molecule has 8 heteroatoms. The van der Waals surface area contributed by atoms with Crippen molar-refractivity contribution >= 4 is 29.8 Å². The number of rotatable bonds is 4. The number of hydrazone groups is 1. The molecule has 1 aromatic carbocycles. The number of benzene rings is 1. The summed E-state index contributed by atoms with van der Waals surface area (Å²) in [6, 6.07) is 9.39. The third kappa shape index (κ3) is 3.67. The molecule has 2 aromatic rings. The van der Waals surface area contributed by atoms with E-state index in [2.05, 4.69) is 22.4 Å². The van der Waals surface area contributed by atoms with Crippen LogP contribution >= 0.6 is 11.6 Å². The molecule has 29 heavy (non-hydrogen) atoms. The number of carbonyl (C=O) groups excluding carboxylic acids is 2. The minimum absolute atomic E-state index is 0.281. The van der Waals surface area contributed by atoms with Crippen LogP contribution in [0.2, 0.25) is 5.15 Å². The average Bonchev–Trinajstić information content (AvgIpc) is 3.10. The normalized spacial score (nSPS) is 24.7. The van der Waals surface area contributed by atoms with Crippen LogP contribution < -0.4 is 5.32 Å². The van der Waals surface area contributed by atoms with Crippen molar-refractivity contribution in [2.24, 2.45) is 11.0 Å². The second kappa shape index (κ2) is 7.63. The lowest BCUT2D eigenvalue weighted by molar-refractivity contribution is -0.132. The fraction of sp³-hybridized carbons (Fsp3) is 0.429. The van der Waals surface area contributed by atoms with Crippen LogP contribution in [0.1, 0.15) is 49.4 Å². The Labute approximate surface area is 174 Å². The second-order valence-corrected chi connectivity index (χ2v) is 8.35. The van der Waals surface area contributed by atoms with Gasteiger partial charge in [0.25, 0.3) is 5.91 Å². The van der Waals surface area contributed by atoms with Gasteiger partial charge in [-0.2, -0.15) is 10.2 Å². The highest BCUT2D eigenvalue weighted by Crippen LogP contribution is 2.36. The monoisotopic (exact) mass is 413 g/mol. The molecule has 0 atom stereocenters. The van der Waals surface area contributed by atoms with E-state index < -0.39 is 11.6 Å². The number of aryl methyl sites for hydroxylation is 1. The maximum Gasteiger partial charge on any atom is 0.346 e. The van der Waals surface area contributed by atoms with Gasteiger partial charge in [0.1, 0.15) is 10.7 Å². The van der Waals surface area contributed by atoms with Gasteiger partial charge in [0.05, 0.1) is 24.0 Å². The first-order valence-electron chi connectivity index (χ1n) is 9.87. The van der Waals surface area contributed by atoms with E-state index in [-0.39, 0.29) is 5.91 Å². The maximum atomic E-state index is 12.9. The molecule has 2 aliphatic rings. The summed E-state index contributed by atoms with van der Waals surface area (Å²) in [6.45, 7) is 4.52. The smallest absolute Gasteiger partial charge is 0.321 e. The number of imide groups is 1. The fourth-order valence-electron chi connectivity index (χ4n) is 4.00. The molecule has 2 fully saturated rings. The molecular formula is C21H24ClN5O2. The van der Waals surface area contributed by atoms with E-state index in [9.17, 15) is 9.59 Å². The second-order valence-electron chi connectivity index (χ2n) is 7.99. The van der Waals surface area contributed by atoms with E-state index in [0.29, 0.717) is 41.7 Å². The number of halogens is 1. The molecule has 4 rings (SSSR count). The summed E-state index contributed by atoms with van der Waals surface area (Å²) in [4.78, 5) is 25.3. The number of nitrogens with zero attached hydrogens (tertiary/aromatic N) is 4. The summed E-state index contributed by atoms with van der Waals surface area (Å²) < 4.78 is 1.68. The predicted octanol–water partition coefficient (Wildman–Crippen LogP) is 3.73. The Morgan fingerprint density at radius 2 is 1.97 bits per heavy atom. The highest BCUT2D eigenvalue weighted by molar-refractivity contribution is 6.32. The van der Waals surface area contributed by atoms with Crippen molar-refractivity contribution in [1.29, 1.82) is 0 Å². The number of hydrogen-bond donors (Lipinski definition) is 1. The molecule has 1 aromatic heterocycles. The van der Waals surface area contributed by atoms with Gasteiger partial charge in [-0.1, -0.05) is 48.9 Å². The molecule has 0 unspecified atom stereocenters. The van der Waals surface area contributed by atoms with Gasteiger partial charge in [-0.3, -0.25) is 4.79 Å². The standard InChI is InChI=1S/C21H24ClN5O2/c1-14-8-10-21(11-9-14)19(28)27(20(29)24-21)23-12-17-15(2)25-26(18(17)22)13-16-6-4-3-5-7-16/h3-7,12,14H,8-11,13H2,1-2H3,(H,24,29)/b23-12+. The van der Waals surface area contributed by atoms with Crippen molar-refractivity contribution < 1.29 is 9.59 Å². The Kier molecular flexibility index (Phi) is 5.17. The Morgan fingerprint density at radius 1 is 1.28 bits per heavy atom. The summed E-state index contributed by atoms with van der Waals surface area (Å²) in [6.07, 6.45) is 4.59. The number of carbonyl (C=O) groups is 2. The van der Waals surface area contributed by atoms with Crippen molar-refractivity contribution in [3.05, 3.63) is 52.3 Å². The average molecular weight is 414 g/mol. The fourth-order valence-corrected chi connectivity index (χ4v) is 4.28. The summed E-state index contributed by atoms with van der Waals surface area (Å²) in [7, 11) is 0. The lowest BCUT2D eigenvalue weighted by Gasteiger charge is -2.33. The molecule has 1 saturated carbocycles. The lowest BCUT2D eigenvalue weighted by Crippen LogP contribution is -2.49. The number of amides is 3. The van der Waals surface area contributed by atoms with Crippen LogP contribution in [0.25, 0.3) is 0 Å². The van der Waals surface area contributed by atoms with E-state index in [1.165, 1.54) is 6.21 Å². The summed E-state index contributed by atoms with van der Waals surface area (Å²) in [5.41, 5.74) is 1.55. The molecular weight excluding hydrogens is 390 g/mol. The molecule has 7 nitrogen and oxygen atoms in total. The SMILES string of the molecule is Cc1nn(Cc2ccccc2)c(Cl)c1/C=N/N1C(=O)NC2(CCC(C)CC2)C1=O. The van der Waals surface area contributed by atoms with Gasteiger partial charge in [-0.15, -0.1) is 5.01 Å². The molecule has 1 aliphatic carbocycles. The lowest BCUT2D eigenvalue weighted by atomic mass is 9.77. The first-order valence-corrected chi connectivity index (χ1v) is 10.2. The van der Waals surface area contributed by atoms with Crippen LogP contribution in [0.5, 0.6) is 0 Å². The Balaban J connectivity index is 1.53. The number of hydrogen-bond acceptors (Lipinski definition) is 4. The zero-order valence-electron chi connectivity index (χ0n) is 16.6. The van der Waals surface area contributed by atoms with Gasteiger partial charge in [0, 0.05) is 0 Å². The van der Waals surface area contributed by atoms with Crippen LogP contribution in [-0.2, 0) is 11.3 Å². The van der Waals surface area contributed by atoms with Crippen molar-refractivity contribution in [1.82, 2.24) is 20.1 Å². The topological polar surface area (TPSA) is 79.6 Å². The zero-order valence-corrected chi connectivity index (χ0v) is 17.3. The molecule has 0 bridgehead atoms. The van der Waals surface area contributed by atoms with Gasteiger partial charge in [-0.25, -0.2) is 9.48 Å². The Hall–Kier alpha value is -2.67. The molecule has 1 saturated heterocycles. The van der Waals surface area contributed by atoms with Gasteiger partial charge in [0.15, 0.2) is 0 Å². The van der Waals surface area contributed by atoms with E-state index in [1.807, 2.05) is 37.3 Å². The third-order valence-corrected chi connectivity index (χ3v) is 6.25. The van der Waals surface area contributed by atoms with Crippen molar-refractivity contribution in [2.45, 2.75) is 51.6 Å². The molecule has 2 heterocycles. The number of aromatic nitrogens is 2. The van der Waals surface area contributed by atoms with Crippen LogP contribution in [0, 0.1) is 12.8 Å². The van der Waals surface area contributed by atoms with Gasteiger partial charge in [-0.05, 0) is 44.1 Å². The zero-order chi connectivity index (χ0) is 20.6. The first-order chi connectivity index (χ1) is 13.9. The van der Waals surface area contributed by atoms with Crippen molar-refractivity contribution in [2.75, 3.05) is 0 Å². The molecule has 3 amide bonds. The number of nitrogens with one attached hydrogen (secondary N) is 1.